The molecule has 1 rings (SSSR count). The van der Waals surface area contributed by atoms with E-state index in [1.54, 1.807) is 11.8 Å². The van der Waals surface area contributed by atoms with E-state index in [4.69, 9.17) is 4.74 Å². The van der Waals surface area contributed by atoms with Gasteiger partial charge in [-0.3, -0.25) is 9.69 Å². The van der Waals surface area contributed by atoms with Crippen LogP contribution in [0, 0.1) is 0 Å². The van der Waals surface area contributed by atoms with Crippen LogP contribution in [0.15, 0.2) is 0 Å². The predicted molar refractivity (Wildman–Crippen MR) is 55.2 cm³/mol. The van der Waals surface area contributed by atoms with Crippen LogP contribution in [0.4, 0.5) is 0 Å². The molecule has 1 aliphatic heterocycles. The molecule has 0 unspecified atom stereocenters. The van der Waals surface area contributed by atoms with Gasteiger partial charge in [0.15, 0.2) is 0 Å². The van der Waals surface area contributed by atoms with Crippen molar-refractivity contribution in [3.8, 4) is 0 Å². The van der Waals surface area contributed by atoms with Gasteiger partial charge in [-0.25, -0.2) is 0 Å². The molecular formula is C10H20N2O2. The standard InChI is InChI=1S/C10H20N2O2/c1-4-12-5-6-14-10(8-12)7-11(3)9(2)13/h10H,4-8H2,1-3H3/t10-/m1/s1. The molecule has 1 saturated heterocycles. The number of hydrogen-bond acceptors (Lipinski definition) is 3. The lowest BCUT2D eigenvalue weighted by molar-refractivity contribution is -0.130. The number of likely N-dealkylation sites (N-methyl/N-ethyl adjacent to an activating group) is 2. The predicted octanol–water partition coefficient (Wildman–Crippen LogP) is 0.185. The van der Waals surface area contributed by atoms with Crippen LogP contribution in [0.25, 0.3) is 0 Å². The molecule has 0 aromatic rings. The maximum atomic E-state index is 11.0. The van der Waals surface area contributed by atoms with Crippen LogP contribution in [-0.4, -0.2) is 61.6 Å². The lowest BCUT2D eigenvalue weighted by Crippen LogP contribution is -2.47. The molecule has 0 aromatic heterocycles. The zero-order chi connectivity index (χ0) is 10.6. The van der Waals surface area contributed by atoms with Crippen molar-refractivity contribution >= 4 is 5.91 Å². The highest BCUT2D eigenvalue weighted by Crippen LogP contribution is 2.05. The second-order valence-electron chi connectivity index (χ2n) is 3.79. The minimum atomic E-state index is 0.0993. The molecule has 82 valence electrons. The Labute approximate surface area is 85.8 Å². The van der Waals surface area contributed by atoms with Crippen LogP contribution in [0.3, 0.4) is 0 Å². The largest absolute Gasteiger partial charge is 0.374 e. The number of rotatable bonds is 3. The van der Waals surface area contributed by atoms with Crippen LogP contribution in [-0.2, 0) is 9.53 Å². The number of nitrogens with zero attached hydrogens (tertiary/aromatic N) is 2. The second kappa shape index (κ2) is 5.32. The normalized spacial score (nSPS) is 23.5. The summed E-state index contributed by atoms with van der Waals surface area (Å²) in [5, 5.41) is 0. The molecule has 0 bridgehead atoms. The van der Waals surface area contributed by atoms with Crippen molar-refractivity contribution in [3.05, 3.63) is 0 Å². The highest BCUT2D eigenvalue weighted by molar-refractivity contribution is 5.72. The molecular weight excluding hydrogens is 180 g/mol. The van der Waals surface area contributed by atoms with Gasteiger partial charge in [-0.1, -0.05) is 6.92 Å². The van der Waals surface area contributed by atoms with E-state index in [2.05, 4.69) is 11.8 Å². The van der Waals surface area contributed by atoms with Gasteiger partial charge in [-0.2, -0.15) is 0 Å². The number of ether oxygens (including phenoxy) is 1. The van der Waals surface area contributed by atoms with Crippen molar-refractivity contribution in [1.29, 1.82) is 0 Å². The Bertz CT molecular complexity index is 197. The Morgan fingerprint density at radius 2 is 2.36 bits per heavy atom. The number of morpholine rings is 1. The Balaban J connectivity index is 2.33. The van der Waals surface area contributed by atoms with Gasteiger partial charge in [-0.05, 0) is 6.54 Å². The molecule has 4 heteroatoms. The first-order chi connectivity index (χ1) is 6.63. The highest BCUT2D eigenvalue weighted by atomic mass is 16.5. The number of carbonyl (C=O) groups excluding carboxylic acids is 1. The van der Waals surface area contributed by atoms with E-state index in [1.165, 1.54) is 0 Å². The van der Waals surface area contributed by atoms with Gasteiger partial charge < -0.3 is 9.64 Å². The van der Waals surface area contributed by atoms with Gasteiger partial charge in [0, 0.05) is 33.6 Å². The Morgan fingerprint density at radius 3 is 2.93 bits per heavy atom. The fourth-order valence-corrected chi connectivity index (χ4v) is 1.61. The Morgan fingerprint density at radius 1 is 1.64 bits per heavy atom. The summed E-state index contributed by atoms with van der Waals surface area (Å²) in [6.45, 7) is 8.22. The summed E-state index contributed by atoms with van der Waals surface area (Å²) < 4.78 is 5.60. The van der Waals surface area contributed by atoms with Crippen LogP contribution >= 0.6 is 0 Å². The first-order valence-corrected chi connectivity index (χ1v) is 5.19. The first-order valence-electron chi connectivity index (χ1n) is 5.19. The van der Waals surface area contributed by atoms with Crippen LogP contribution in [0.2, 0.25) is 0 Å². The summed E-state index contributed by atoms with van der Waals surface area (Å²) >= 11 is 0. The zero-order valence-electron chi connectivity index (χ0n) is 9.32. The van der Waals surface area contributed by atoms with E-state index in [-0.39, 0.29) is 12.0 Å². The van der Waals surface area contributed by atoms with Crippen molar-refractivity contribution in [1.82, 2.24) is 9.80 Å². The lowest BCUT2D eigenvalue weighted by atomic mass is 10.2. The summed E-state index contributed by atoms with van der Waals surface area (Å²) in [4.78, 5) is 15.1. The van der Waals surface area contributed by atoms with Crippen LogP contribution in [0.1, 0.15) is 13.8 Å². The third-order valence-electron chi connectivity index (χ3n) is 2.69. The lowest BCUT2D eigenvalue weighted by Gasteiger charge is -2.33. The summed E-state index contributed by atoms with van der Waals surface area (Å²) in [6, 6.07) is 0. The Kier molecular flexibility index (Phi) is 4.35. The molecule has 1 aliphatic rings. The van der Waals surface area contributed by atoms with Gasteiger partial charge in [0.25, 0.3) is 0 Å². The molecule has 0 aliphatic carbocycles. The van der Waals surface area contributed by atoms with Crippen molar-refractivity contribution < 1.29 is 9.53 Å². The van der Waals surface area contributed by atoms with Crippen molar-refractivity contribution in [2.75, 3.05) is 39.8 Å². The fraction of sp³-hybridized carbons (Fsp3) is 0.900. The highest BCUT2D eigenvalue weighted by Gasteiger charge is 2.21. The van der Waals surface area contributed by atoms with Crippen molar-refractivity contribution in [3.63, 3.8) is 0 Å². The molecule has 0 N–H and O–H groups in total. The van der Waals surface area contributed by atoms with E-state index in [0.717, 1.165) is 26.2 Å². The molecule has 1 atom stereocenters. The van der Waals surface area contributed by atoms with Crippen molar-refractivity contribution in [2.24, 2.45) is 0 Å². The van der Waals surface area contributed by atoms with Gasteiger partial charge in [-0.15, -0.1) is 0 Å². The van der Waals surface area contributed by atoms with Crippen LogP contribution in [0.5, 0.6) is 0 Å². The van der Waals surface area contributed by atoms with E-state index in [0.29, 0.717) is 6.54 Å². The SMILES string of the molecule is CCN1CCO[C@H](CN(C)C(C)=O)C1. The molecule has 1 heterocycles. The van der Waals surface area contributed by atoms with E-state index in [9.17, 15) is 4.79 Å². The third-order valence-corrected chi connectivity index (χ3v) is 2.69. The average Bonchev–Trinajstić information content (AvgIpc) is 2.18. The second-order valence-corrected chi connectivity index (χ2v) is 3.79. The van der Waals surface area contributed by atoms with E-state index >= 15 is 0 Å². The van der Waals surface area contributed by atoms with E-state index in [1.807, 2.05) is 7.05 Å². The van der Waals surface area contributed by atoms with Gasteiger partial charge >= 0.3 is 0 Å². The smallest absolute Gasteiger partial charge is 0.219 e. The van der Waals surface area contributed by atoms with E-state index < -0.39 is 0 Å². The topological polar surface area (TPSA) is 32.8 Å². The number of amides is 1. The minimum Gasteiger partial charge on any atom is -0.374 e. The monoisotopic (exact) mass is 200 g/mol. The minimum absolute atomic E-state index is 0.0993. The summed E-state index contributed by atoms with van der Waals surface area (Å²) in [7, 11) is 1.82. The average molecular weight is 200 g/mol. The number of hydrogen-bond donors (Lipinski definition) is 0. The maximum Gasteiger partial charge on any atom is 0.219 e. The van der Waals surface area contributed by atoms with Gasteiger partial charge in [0.05, 0.1) is 12.7 Å². The summed E-state index contributed by atoms with van der Waals surface area (Å²) in [5.41, 5.74) is 0. The van der Waals surface area contributed by atoms with Gasteiger partial charge in [0.1, 0.15) is 0 Å². The number of carbonyl (C=O) groups is 1. The summed E-state index contributed by atoms with van der Waals surface area (Å²) in [6.07, 6.45) is 0.178. The fourth-order valence-electron chi connectivity index (χ4n) is 1.61. The zero-order valence-corrected chi connectivity index (χ0v) is 9.32. The molecule has 4 nitrogen and oxygen atoms in total. The molecule has 1 fully saturated rings. The molecule has 0 spiro atoms. The first kappa shape index (κ1) is 11.5. The van der Waals surface area contributed by atoms with Crippen LogP contribution < -0.4 is 0 Å². The molecule has 0 aromatic carbocycles. The molecule has 0 saturated carbocycles. The molecule has 14 heavy (non-hydrogen) atoms. The quantitative estimate of drug-likeness (QED) is 0.652. The maximum absolute atomic E-state index is 11.0. The van der Waals surface area contributed by atoms with Crippen molar-refractivity contribution in [2.45, 2.75) is 20.0 Å². The molecule has 0 radical (unpaired) electrons. The third kappa shape index (κ3) is 3.27. The summed E-state index contributed by atoms with van der Waals surface area (Å²) in [5.74, 6) is 0.0993. The Hall–Kier alpha value is -0.610. The molecule has 1 amide bonds. The van der Waals surface area contributed by atoms with Gasteiger partial charge in [0.2, 0.25) is 5.91 Å².